The first kappa shape index (κ1) is 10.9. The van der Waals surface area contributed by atoms with Crippen LogP contribution < -0.4 is 0 Å². The maximum atomic E-state index is 12.2. The summed E-state index contributed by atoms with van der Waals surface area (Å²) in [5.41, 5.74) is -1.07. The van der Waals surface area contributed by atoms with Gasteiger partial charge in [-0.05, 0) is 17.5 Å². The second-order valence-corrected chi connectivity index (χ2v) is 3.87. The van der Waals surface area contributed by atoms with E-state index < -0.39 is 17.8 Å². The van der Waals surface area contributed by atoms with Crippen molar-refractivity contribution in [1.29, 1.82) is 0 Å². The Morgan fingerprint density at radius 3 is 2.62 bits per heavy atom. The average molecular weight is 246 g/mol. The number of halogens is 3. The molecule has 0 bridgehead atoms. The molecule has 0 radical (unpaired) electrons. The zero-order valence-electron chi connectivity index (χ0n) is 7.73. The first-order valence-electron chi connectivity index (χ1n) is 4.19. The fourth-order valence-corrected chi connectivity index (χ4v) is 1.76. The summed E-state index contributed by atoms with van der Waals surface area (Å²) >= 11 is 1.15. The van der Waals surface area contributed by atoms with Crippen molar-refractivity contribution in [1.82, 2.24) is 9.78 Å². The van der Waals surface area contributed by atoms with Gasteiger partial charge < -0.3 is 0 Å². The van der Waals surface area contributed by atoms with Crippen LogP contribution in [0.5, 0.6) is 0 Å². The molecule has 0 fully saturated rings. The zero-order valence-corrected chi connectivity index (χ0v) is 8.55. The minimum atomic E-state index is -4.53. The fourth-order valence-electron chi connectivity index (χ4n) is 1.10. The summed E-state index contributed by atoms with van der Waals surface area (Å²) in [6, 6.07) is 3.94. The van der Waals surface area contributed by atoms with Gasteiger partial charge in [0.15, 0.2) is 5.69 Å². The van der Waals surface area contributed by atoms with Crippen molar-refractivity contribution < 1.29 is 18.0 Å². The standard InChI is InChI=1S/C9H5F3N2OS/c10-9(11,12)7-3-4-14(13-7)8(15)6-2-1-5-16-6/h1-5H. The topological polar surface area (TPSA) is 34.9 Å². The highest BCUT2D eigenvalue weighted by atomic mass is 32.1. The van der Waals surface area contributed by atoms with Crippen molar-refractivity contribution in [3.63, 3.8) is 0 Å². The summed E-state index contributed by atoms with van der Waals surface area (Å²) in [5.74, 6) is -0.564. The highest BCUT2D eigenvalue weighted by Gasteiger charge is 2.34. The molecule has 2 aromatic rings. The molecule has 0 aliphatic rings. The SMILES string of the molecule is O=C(c1cccs1)n1ccc(C(F)(F)F)n1. The van der Waals surface area contributed by atoms with E-state index in [9.17, 15) is 18.0 Å². The maximum absolute atomic E-state index is 12.2. The molecule has 7 heteroatoms. The van der Waals surface area contributed by atoms with E-state index >= 15 is 0 Å². The second-order valence-electron chi connectivity index (χ2n) is 2.93. The summed E-state index contributed by atoms with van der Waals surface area (Å²) in [5, 5.41) is 4.85. The third kappa shape index (κ3) is 1.99. The van der Waals surface area contributed by atoms with Crippen LogP contribution in [0.4, 0.5) is 13.2 Å². The van der Waals surface area contributed by atoms with Crippen molar-refractivity contribution in [3.05, 3.63) is 40.3 Å². The first-order valence-corrected chi connectivity index (χ1v) is 5.07. The Labute approximate surface area is 92.1 Å². The van der Waals surface area contributed by atoms with E-state index in [1.165, 1.54) is 6.07 Å². The summed E-state index contributed by atoms with van der Waals surface area (Å²) in [6.07, 6.45) is -3.52. The molecule has 0 amide bonds. The summed E-state index contributed by atoms with van der Waals surface area (Å²) in [6.45, 7) is 0. The van der Waals surface area contributed by atoms with E-state index in [1.54, 1.807) is 11.4 Å². The summed E-state index contributed by atoms with van der Waals surface area (Å²) in [4.78, 5) is 11.9. The second kappa shape index (κ2) is 3.75. The molecule has 0 aliphatic carbocycles. The van der Waals surface area contributed by atoms with E-state index in [1.807, 2.05) is 0 Å². The van der Waals surface area contributed by atoms with Crippen LogP contribution in [0, 0.1) is 0 Å². The largest absolute Gasteiger partial charge is 0.435 e. The number of carbonyl (C=O) groups is 1. The minimum Gasteiger partial charge on any atom is -0.266 e. The molecule has 0 spiro atoms. The lowest BCUT2D eigenvalue weighted by Crippen LogP contribution is -2.13. The van der Waals surface area contributed by atoms with E-state index in [2.05, 4.69) is 5.10 Å². The lowest BCUT2D eigenvalue weighted by Gasteiger charge is -2.00. The van der Waals surface area contributed by atoms with E-state index in [-0.39, 0.29) is 0 Å². The van der Waals surface area contributed by atoms with Crippen molar-refractivity contribution in [3.8, 4) is 0 Å². The zero-order chi connectivity index (χ0) is 11.8. The van der Waals surface area contributed by atoms with Gasteiger partial charge in [-0.1, -0.05) is 6.07 Å². The molecule has 0 saturated carbocycles. The summed E-state index contributed by atoms with van der Waals surface area (Å²) < 4.78 is 37.4. The van der Waals surface area contributed by atoms with Gasteiger partial charge in [0, 0.05) is 6.20 Å². The Hall–Kier alpha value is -1.63. The number of nitrogens with zero attached hydrogens (tertiary/aromatic N) is 2. The third-order valence-corrected chi connectivity index (χ3v) is 2.68. The Bertz CT molecular complexity index is 501. The average Bonchev–Trinajstić information content (AvgIpc) is 2.87. The molecule has 2 aromatic heterocycles. The van der Waals surface area contributed by atoms with E-state index in [4.69, 9.17) is 0 Å². The quantitative estimate of drug-likeness (QED) is 0.775. The van der Waals surface area contributed by atoms with Gasteiger partial charge in [-0.3, -0.25) is 4.79 Å². The van der Waals surface area contributed by atoms with E-state index in [0.29, 0.717) is 9.56 Å². The lowest BCUT2D eigenvalue weighted by atomic mass is 10.4. The third-order valence-electron chi connectivity index (χ3n) is 1.82. The number of hydrogen-bond donors (Lipinski definition) is 0. The molecule has 84 valence electrons. The van der Waals surface area contributed by atoms with Gasteiger partial charge in [0.2, 0.25) is 0 Å². The molecule has 3 nitrogen and oxygen atoms in total. The van der Waals surface area contributed by atoms with Gasteiger partial charge in [-0.15, -0.1) is 11.3 Å². The van der Waals surface area contributed by atoms with Gasteiger partial charge >= 0.3 is 6.18 Å². The maximum Gasteiger partial charge on any atom is 0.435 e. The molecule has 0 saturated heterocycles. The van der Waals surface area contributed by atoms with Crippen LogP contribution in [0.15, 0.2) is 29.8 Å². The Kier molecular flexibility index (Phi) is 2.55. The predicted octanol–water partition coefficient (Wildman–Crippen LogP) is 2.65. The van der Waals surface area contributed by atoms with Gasteiger partial charge in [0.1, 0.15) is 0 Å². The Morgan fingerprint density at radius 2 is 2.12 bits per heavy atom. The van der Waals surface area contributed by atoms with E-state index in [0.717, 1.165) is 23.6 Å². The van der Waals surface area contributed by atoms with Gasteiger partial charge in [-0.2, -0.15) is 18.3 Å². The van der Waals surface area contributed by atoms with Crippen LogP contribution in [0.3, 0.4) is 0 Å². The lowest BCUT2D eigenvalue weighted by molar-refractivity contribution is -0.141. The summed E-state index contributed by atoms with van der Waals surface area (Å²) in [7, 11) is 0. The molecule has 2 heterocycles. The predicted molar refractivity (Wildman–Crippen MR) is 51.3 cm³/mol. The van der Waals surface area contributed by atoms with Crippen LogP contribution in [-0.4, -0.2) is 15.7 Å². The van der Waals surface area contributed by atoms with Crippen LogP contribution >= 0.6 is 11.3 Å². The van der Waals surface area contributed by atoms with Crippen molar-refractivity contribution in [2.75, 3.05) is 0 Å². The minimum absolute atomic E-state index is 0.344. The first-order chi connectivity index (χ1) is 7.48. The normalized spacial score (nSPS) is 11.7. The smallest absolute Gasteiger partial charge is 0.266 e. The number of thiophene rings is 1. The molecule has 2 rings (SSSR count). The van der Waals surface area contributed by atoms with Crippen LogP contribution in [0.25, 0.3) is 0 Å². The highest BCUT2D eigenvalue weighted by molar-refractivity contribution is 7.12. The van der Waals surface area contributed by atoms with Gasteiger partial charge in [-0.25, -0.2) is 4.68 Å². The number of rotatable bonds is 1. The molecule has 0 N–H and O–H groups in total. The van der Waals surface area contributed by atoms with Crippen LogP contribution in [0.1, 0.15) is 15.4 Å². The number of hydrogen-bond acceptors (Lipinski definition) is 3. The Balaban J connectivity index is 2.30. The molecular weight excluding hydrogens is 241 g/mol. The van der Waals surface area contributed by atoms with Crippen LogP contribution in [-0.2, 0) is 6.18 Å². The highest BCUT2D eigenvalue weighted by Crippen LogP contribution is 2.27. The molecule has 0 unspecified atom stereocenters. The van der Waals surface area contributed by atoms with Crippen molar-refractivity contribution >= 4 is 17.2 Å². The van der Waals surface area contributed by atoms with Crippen molar-refractivity contribution in [2.24, 2.45) is 0 Å². The fraction of sp³-hybridized carbons (Fsp3) is 0.111. The monoisotopic (exact) mass is 246 g/mol. The number of alkyl halides is 3. The molecule has 0 aromatic carbocycles. The number of carbonyl (C=O) groups excluding carboxylic acids is 1. The van der Waals surface area contributed by atoms with Gasteiger partial charge in [0.25, 0.3) is 5.91 Å². The van der Waals surface area contributed by atoms with Gasteiger partial charge in [0.05, 0.1) is 4.88 Å². The molecule has 16 heavy (non-hydrogen) atoms. The number of aromatic nitrogens is 2. The molecule has 0 aliphatic heterocycles. The molecular formula is C9H5F3N2OS. The van der Waals surface area contributed by atoms with Crippen molar-refractivity contribution in [2.45, 2.75) is 6.18 Å². The van der Waals surface area contributed by atoms with Crippen LogP contribution in [0.2, 0.25) is 0 Å². The Morgan fingerprint density at radius 1 is 1.38 bits per heavy atom. The molecule has 0 atom stereocenters.